The Morgan fingerprint density at radius 2 is 1.47 bits per heavy atom. The number of amides is 2. The Morgan fingerprint density at radius 1 is 0.825 bits per heavy atom. The fourth-order valence-corrected chi connectivity index (χ4v) is 13.4. The first-order chi connectivity index (χ1) is 26.2. The van der Waals surface area contributed by atoms with Gasteiger partial charge in [0.05, 0.1) is 17.4 Å². The molecule has 3 unspecified atom stereocenters. The van der Waals surface area contributed by atoms with Crippen LogP contribution in [0.5, 0.6) is 0 Å². The lowest BCUT2D eigenvalue weighted by Gasteiger charge is -2.72. The van der Waals surface area contributed by atoms with E-state index in [2.05, 4.69) is 53.8 Å². The number of carbonyl (C=O) groups is 5. The molecule has 2 amide bonds. The van der Waals surface area contributed by atoms with Crippen molar-refractivity contribution in [2.24, 2.45) is 50.7 Å². The lowest BCUT2D eigenvalue weighted by molar-refractivity contribution is -0.232. The van der Waals surface area contributed by atoms with Crippen LogP contribution in [0.1, 0.15) is 160 Å². The number of carboxylic acids is 1. The predicted molar refractivity (Wildman–Crippen MR) is 216 cm³/mol. The van der Waals surface area contributed by atoms with E-state index in [-0.39, 0.29) is 70.4 Å². The summed E-state index contributed by atoms with van der Waals surface area (Å²) in [7, 11) is 0. The molecule has 6 aliphatic rings. The Bertz CT molecular complexity index is 1680. The third-order valence-corrected chi connectivity index (χ3v) is 16.5. The second-order valence-corrected chi connectivity index (χ2v) is 22.2. The molecule has 1 aliphatic heterocycles. The molecule has 0 aromatic rings. The third-order valence-electron chi connectivity index (χ3n) is 16.5. The number of nitrogens with zero attached hydrogens (tertiary/aromatic N) is 1. The molecule has 6 rings (SSSR count). The summed E-state index contributed by atoms with van der Waals surface area (Å²) in [6, 6.07) is 0. The first-order valence-electron chi connectivity index (χ1n) is 21.9. The SMILES string of the molecule is CC(C)C1=C2C3CCC4[C@@]5(C)CC[C@H](OC(=O)CC(C)(C)C(=O)O)C(C)(C)C5CC[C@@]4(C)[C@]3(C)CC[C@@]2(NC(=O)OC2CCN(C(=O)OC(C)(C)C)CC2)CC1=O. The second kappa shape index (κ2) is 14.6. The molecule has 5 fully saturated rings. The van der Waals surface area contributed by atoms with Gasteiger partial charge in [0.1, 0.15) is 17.8 Å². The van der Waals surface area contributed by atoms with Gasteiger partial charge in [-0.15, -0.1) is 0 Å². The van der Waals surface area contributed by atoms with Crippen LogP contribution in [0.4, 0.5) is 9.59 Å². The van der Waals surface area contributed by atoms with Crippen LogP contribution in [0.2, 0.25) is 0 Å². The van der Waals surface area contributed by atoms with Crippen molar-refractivity contribution in [1.29, 1.82) is 0 Å². The normalized spacial score (nSPS) is 36.7. The topological polar surface area (TPSA) is 149 Å². The highest BCUT2D eigenvalue weighted by atomic mass is 16.6. The molecule has 0 aromatic heterocycles. The van der Waals surface area contributed by atoms with Gasteiger partial charge in [-0.05, 0) is 137 Å². The molecule has 4 saturated carbocycles. The molecular weight excluding hydrogens is 725 g/mol. The van der Waals surface area contributed by atoms with Crippen molar-refractivity contribution in [3.8, 4) is 0 Å². The van der Waals surface area contributed by atoms with Crippen LogP contribution in [0, 0.1) is 50.7 Å². The second-order valence-electron chi connectivity index (χ2n) is 22.2. The summed E-state index contributed by atoms with van der Waals surface area (Å²) in [5, 5.41) is 13.0. The number of rotatable bonds is 7. The number of allylic oxidation sites excluding steroid dienone is 1. The number of ketones is 1. The third kappa shape index (κ3) is 7.42. The first-order valence-corrected chi connectivity index (χ1v) is 21.9. The Morgan fingerprint density at radius 3 is 2.07 bits per heavy atom. The van der Waals surface area contributed by atoms with E-state index in [1.807, 2.05) is 20.8 Å². The first kappa shape index (κ1) is 43.5. The number of fused-ring (bicyclic) bond motifs is 7. The number of Topliss-reactive ketones (excluding diaryl/α,β-unsaturated/α-hetero) is 1. The fourth-order valence-electron chi connectivity index (χ4n) is 13.4. The van der Waals surface area contributed by atoms with Crippen molar-refractivity contribution in [3.63, 3.8) is 0 Å². The van der Waals surface area contributed by atoms with E-state index in [9.17, 15) is 29.1 Å². The quantitative estimate of drug-likeness (QED) is 0.190. The predicted octanol–water partition coefficient (Wildman–Crippen LogP) is 9.26. The van der Waals surface area contributed by atoms with Crippen LogP contribution >= 0.6 is 0 Å². The number of ether oxygens (including phenoxy) is 3. The zero-order valence-electron chi connectivity index (χ0n) is 37.0. The smallest absolute Gasteiger partial charge is 0.410 e. The molecule has 11 nitrogen and oxygen atoms in total. The van der Waals surface area contributed by atoms with Crippen LogP contribution in [0.25, 0.3) is 0 Å². The molecule has 0 radical (unpaired) electrons. The number of esters is 1. The maximum Gasteiger partial charge on any atom is 0.410 e. The largest absolute Gasteiger partial charge is 0.481 e. The molecule has 1 heterocycles. The summed E-state index contributed by atoms with van der Waals surface area (Å²) in [6.07, 6.45) is 7.01. The van der Waals surface area contributed by atoms with Gasteiger partial charge in [-0.1, -0.05) is 48.5 Å². The number of hydrogen-bond donors (Lipinski definition) is 2. The van der Waals surface area contributed by atoms with Crippen LogP contribution in [-0.2, 0) is 28.6 Å². The summed E-state index contributed by atoms with van der Waals surface area (Å²) >= 11 is 0. The van der Waals surface area contributed by atoms with Crippen LogP contribution in [0.15, 0.2) is 11.1 Å². The monoisotopic (exact) mass is 797 g/mol. The number of piperidine rings is 1. The fraction of sp³-hybridized carbons (Fsp3) is 0.848. The number of carboxylic acid groups (broad SMARTS) is 1. The Balaban J connectivity index is 1.20. The van der Waals surface area contributed by atoms with Gasteiger partial charge in [-0.3, -0.25) is 14.4 Å². The Hall–Kier alpha value is -3.11. The van der Waals surface area contributed by atoms with E-state index in [0.29, 0.717) is 44.2 Å². The molecule has 0 bridgehead atoms. The van der Waals surface area contributed by atoms with Gasteiger partial charge < -0.3 is 29.5 Å². The molecule has 1 saturated heterocycles. The molecule has 0 spiro atoms. The summed E-state index contributed by atoms with van der Waals surface area (Å²) in [5.74, 6) is -0.361. The Kier molecular flexibility index (Phi) is 11.1. The van der Waals surface area contributed by atoms with Gasteiger partial charge in [-0.2, -0.15) is 0 Å². The van der Waals surface area contributed by atoms with E-state index >= 15 is 0 Å². The van der Waals surface area contributed by atoms with Crippen LogP contribution in [0.3, 0.4) is 0 Å². The van der Waals surface area contributed by atoms with E-state index in [1.54, 1.807) is 18.7 Å². The minimum absolute atomic E-state index is 0.0121. The molecule has 320 valence electrons. The van der Waals surface area contributed by atoms with E-state index < -0.39 is 34.6 Å². The molecule has 8 atom stereocenters. The van der Waals surface area contributed by atoms with Crippen molar-refractivity contribution in [1.82, 2.24) is 10.2 Å². The minimum Gasteiger partial charge on any atom is -0.481 e. The van der Waals surface area contributed by atoms with Crippen LogP contribution in [-0.4, -0.2) is 76.4 Å². The lowest BCUT2D eigenvalue weighted by Crippen LogP contribution is -2.67. The molecular formula is C46H72N2O9. The summed E-state index contributed by atoms with van der Waals surface area (Å²) < 4.78 is 17.8. The molecule has 2 N–H and O–H groups in total. The van der Waals surface area contributed by atoms with Crippen molar-refractivity contribution >= 4 is 29.9 Å². The molecule has 11 heteroatoms. The van der Waals surface area contributed by atoms with Gasteiger partial charge in [0.2, 0.25) is 0 Å². The number of alkyl carbamates (subject to hydrolysis) is 1. The van der Waals surface area contributed by atoms with Crippen molar-refractivity contribution in [3.05, 3.63) is 11.1 Å². The highest BCUT2D eigenvalue weighted by molar-refractivity contribution is 6.02. The molecule has 0 aromatic carbocycles. The highest BCUT2D eigenvalue weighted by Gasteiger charge is 2.70. The van der Waals surface area contributed by atoms with Gasteiger partial charge in [0.15, 0.2) is 5.78 Å². The number of likely N-dealkylation sites (tertiary alicyclic amines) is 1. The van der Waals surface area contributed by atoms with E-state index in [4.69, 9.17) is 14.2 Å². The molecule has 5 aliphatic carbocycles. The van der Waals surface area contributed by atoms with Crippen molar-refractivity contribution in [2.45, 2.75) is 183 Å². The average molecular weight is 797 g/mol. The maximum atomic E-state index is 14.1. The van der Waals surface area contributed by atoms with Gasteiger partial charge in [0, 0.05) is 37.8 Å². The average Bonchev–Trinajstić information content (AvgIpc) is 3.37. The number of nitrogens with one attached hydrogen (secondary N) is 1. The van der Waals surface area contributed by atoms with Gasteiger partial charge in [0.25, 0.3) is 0 Å². The van der Waals surface area contributed by atoms with E-state index in [0.717, 1.165) is 56.1 Å². The number of carbonyl (C=O) groups excluding carboxylic acids is 4. The highest BCUT2D eigenvalue weighted by Crippen LogP contribution is 2.76. The van der Waals surface area contributed by atoms with E-state index in [1.165, 1.54) is 0 Å². The number of aliphatic carboxylic acids is 1. The maximum absolute atomic E-state index is 14.1. The van der Waals surface area contributed by atoms with Crippen molar-refractivity contribution < 1.29 is 43.3 Å². The number of hydrogen-bond acceptors (Lipinski definition) is 8. The Labute approximate surface area is 341 Å². The van der Waals surface area contributed by atoms with Gasteiger partial charge in [-0.25, -0.2) is 9.59 Å². The lowest BCUT2D eigenvalue weighted by atomic mass is 9.33. The van der Waals surface area contributed by atoms with Crippen molar-refractivity contribution in [2.75, 3.05) is 13.1 Å². The molecule has 57 heavy (non-hydrogen) atoms. The summed E-state index contributed by atoms with van der Waals surface area (Å²) in [4.78, 5) is 67.1. The van der Waals surface area contributed by atoms with Crippen LogP contribution < -0.4 is 5.32 Å². The minimum atomic E-state index is -1.18. The zero-order valence-corrected chi connectivity index (χ0v) is 37.0. The standard InChI is InChI=1S/C46H72N2O9/c1-27(2)35-30(49)25-46(47-38(53)55-28-17-23-48(24-18-28)39(54)57-40(3,4)5)22-21-44(11)29(36(35)46)13-14-32-43(10)19-16-33(56-34(50)26-41(6,7)37(51)52)42(8,9)31(43)15-20-45(32,44)12/h27-29,31-33H,13-26H2,1-12H3,(H,47,53)(H,51,52)/t29?,31?,32?,33-,43-,44+,45+,46+/m0/s1. The zero-order chi connectivity index (χ0) is 42.3. The summed E-state index contributed by atoms with van der Waals surface area (Å²) in [5.41, 5.74) is -0.845. The summed E-state index contributed by atoms with van der Waals surface area (Å²) in [6.45, 7) is 25.8. The van der Waals surface area contributed by atoms with Gasteiger partial charge >= 0.3 is 24.1 Å².